The number of imidazole rings is 1. The van der Waals surface area contributed by atoms with Gasteiger partial charge >= 0.3 is 0 Å². The molecule has 4 nitrogen and oxygen atoms in total. The SMILES string of the molecule is OCCCCn1cnc(CO)c1. The molecule has 0 aliphatic heterocycles. The second kappa shape index (κ2) is 4.90. The summed E-state index contributed by atoms with van der Waals surface area (Å²) in [5.41, 5.74) is 0.694. The van der Waals surface area contributed by atoms with Gasteiger partial charge in [0.1, 0.15) is 0 Å². The van der Waals surface area contributed by atoms with Crippen LogP contribution in [0.4, 0.5) is 0 Å². The highest BCUT2D eigenvalue weighted by atomic mass is 16.3. The smallest absolute Gasteiger partial charge is 0.0950 e. The first kappa shape index (κ1) is 9.22. The van der Waals surface area contributed by atoms with E-state index >= 15 is 0 Å². The molecule has 0 aromatic carbocycles. The van der Waals surface area contributed by atoms with E-state index in [-0.39, 0.29) is 13.2 Å². The number of unbranched alkanes of at least 4 members (excludes halogenated alkanes) is 1. The van der Waals surface area contributed by atoms with E-state index in [0.29, 0.717) is 5.69 Å². The van der Waals surface area contributed by atoms with E-state index in [1.54, 1.807) is 6.33 Å². The lowest BCUT2D eigenvalue weighted by Gasteiger charge is -1.98. The van der Waals surface area contributed by atoms with Crippen molar-refractivity contribution < 1.29 is 10.2 Å². The Kier molecular flexibility index (Phi) is 3.76. The summed E-state index contributed by atoms with van der Waals surface area (Å²) in [5.74, 6) is 0. The first-order valence-electron chi connectivity index (χ1n) is 4.09. The summed E-state index contributed by atoms with van der Waals surface area (Å²) in [6.45, 7) is 1.09. The quantitative estimate of drug-likeness (QED) is 0.618. The van der Waals surface area contributed by atoms with E-state index in [9.17, 15) is 0 Å². The van der Waals surface area contributed by atoms with Crippen LogP contribution in [0.3, 0.4) is 0 Å². The zero-order valence-electron chi connectivity index (χ0n) is 6.98. The fourth-order valence-electron chi connectivity index (χ4n) is 1.02. The van der Waals surface area contributed by atoms with Crippen LogP contribution in [0.2, 0.25) is 0 Å². The van der Waals surface area contributed by atoms with Gasteiger partial charge in [0.05, 0.1) is 18.6 Å². The standard InChI is InChI=1S/C8H14N2O2/c11-4-2-1-3-10-5-8(6-12)9-7-10/h5,7,11-12H,1-4,6H2. The molecule has 0 spiro atoms. The minimum atomic E-state index is -0.00694. The Labute approximate surface area is 71.5 Å². The average Bonchev–Trinajstić information content (AvgIpc) is 2.53. The van der Waals surface area contributed by atoms with Crippen molar-refractivity contribution in [1.29, 1.82) is 0 Å². The van der Waals surface area contributed by atoms with Gasteiger partial charge in [-0.05, 0) is 12.8 Å². The summed E-state index contributed by atoms with van der Waals surface area (Å²) >= 11 is 0. The maximum absolute atomic E-state index is 8.71. The number of rotatable bonds is 5. The third kappa shape index (κ3) is 2.64. The maximum Gasteiger partial charge on any atom is 0.0950 e. The molecule has 1 heterocycles. The highest BCUT2D eigenvalue weighted by Gasteiger charge is 1.95. The van der Waals surface area contributed by atoms with Crippen LogP contribution < -0.4 is 0 Å². The van der Waals surface area contributed by atoms with Gasteiger partial charge in [-0.25, -0.2) is 4.98 Å². The van der Waals surface area contributed by atoms with Gasteiger partial charge in [-0.15, -0.1) is 0 Å². The Morgan fingerprint density at radius 3 is 2.75 bits per heavy atom. The lowest BCUT2D eigenvalue weighted by atomic mass is 10.3. The second-order valence-electron chi connectivity index (χ2n) is 2.69. The Hall–Kier alpha value is -0.870. The molecule has 0 atom stereocenters. The third-order valence-electron chi connectivity index (χ3n) is 1.67. The fraction of sp³-hybridized carbons (Fsp3) is 0.625. The lowest BCUT2D eigenvalue weighted by molar-refractivity contribution is 0.276. The molecule has 1 rings (SSSR count). The molecule has 0 saturated heterocycles. The molecule has 0 saturated carbocycles. The number of aromatic nitrogens is 2. The minimum absolute atomic E-state index is 0.00694. The summed E-state index contributed by atoms with van der Waals surface area (Å²) in [4.78, 5) is 3.96. The average molecular weight is 170 g/mol. The molecule has 0 unspecified atom stereocenters. The van der Waals surface area contributed by atoms with E-state index in [4.69, 9.17) is 10.2 Å². The number of aliphatic hydroxyl groups is 2. The molecule has 1 aromatic heterocycles. The van der Waals surface area contributed by atoms with Crippen molar-refractivity contribution in [3.8, 4) is 0 Å². The molecule has 0 aliphatic rings. The molecule has 12 heavy (non-hydrogen) atoms. The molecule has 0 radical (unpaired) electrons. The van der Waals surface area contributed by atoms with Crippen molar-refractivity contribution in [2.75, 3.05) is 6.61 Å². The van der Waals surface area contributed by atoms with Crippen molar-refractivity contribution in [3.05, 3.63) is 18.2 Å². The van der Waals surface area contributed by atoms with Crippen LogP contribution >= 0.6 is 0 Å². The van der Waals surface area contributed by atoms with Gasteiger partial charge in [0.25, 0.3) is 0 Å². The van der Waals surface area contributed by atoms with Crippen LogP contribution in [0.15, 0.2) is 12.5 Å². The number of aliphatic hydroxyl groups excluding tert-OH is 2. The second-order valence-corrected chi connectivity index (χ2v) is 2.69. The van der Waals surface area contributed by atoms with Crippen LogP contribution in [0.1, 0.15) is 18.5 Å². The predicted octanol–water partition coefficient (Wildman–Crippen LogP) is 0.148. The van der Waals surface area contributed by atoms with Crippen LogP contribution in [0.5, 0.6) is 0 Å². The normalized spacial score (nSPS) is 10.5. The van der Waals surface area contributed by atoms with Gasteiger partial charge in [-0.3, -0.25) is 0 Å². The van der Waals surface area contributed by atoms with E-state index in [0.717, 1.165) is 19.4 Å². The summed E-state index contributed by atoms with van der Waals surface area (Å²) < 4.78 is 1.92. The van der Waals surface area contributed by atoms with Crippen molar-refractivity contribution >= 4 is 0 Å². The molecular weight excluding hydrogens is 156 g/mol. The zero-order chi connectivity index (χ0) is 8.81. The molecule has 68 valence electrons. The molecule has 2 N–H and O–H groups in total. The van der Waals surface area contributed by atoms with E-state index in [1.165, 1.54) is 0 Å². The molecule has 1 aromatic rings. The van der Waals surface area contributed by atoms with Gasteiger partial charge in [-0.1, -0.05) is 0 Å². The van der Waals surface area contributed by atoms with Gasteiger partial charge in [-0.2, -0.15) is 0 Å². The predicted molar refractivity (Wildman–Crippen MR) is 44.5 cm³/mol. The lowest BCUT2D eigenvalue weighted by Crippen LogP contribution is -1.95. The molecule has 0 bridgehead atoms. The Bertz CT molecular complexity index is 223. The fourth-order valence-corrected chi connectivity index (χ4v) is 1.02. The van der Waals surface area contributed by atoms with Crippen molar-refractivity contribution in [2.45, 2.75) is 26.0 Å². The number of hydrogen-bond acceptors (Lipinski definition) is 3. The highest BCUT2D eigenvalue weighted by molar-refractivity contribution is 4.93. The maximum atomic E-state index is 8.71. The van der Waals surface area contributed by atoms with E-state index in [2.05, 4.69) is 4.98 Å². The van der Waals surface area contributed by atoms with Crippen LogP contribution in [-0.4, -0.2) is 26.4 Å². The monoisotopic (exact) mass is 170 g/mol. The molecule has 0 aliphatic carbocycles. The zero-order valence-corrected chi connectivity index (χ0v) is 6.98. The molecule has 0 amide bonds. The van der Waals surface area contributed by atoms with E-state index in [1.807, 2.05) is 10.8 Å². The molecular formula is C8H14N2O2. The summed E-state index contributed by atoms with van der Waals surface area (Å²) in [5, 5.41) is 17.2. The molecule has 0 fully saturated rings. The van der Waals surface area contributed by atoms with Crippen molar-refractivity contribution in [1.82, 2.24) is 9.55 Å². The van der Waals surface area contributed by atoms with Crippen molar-refractivity contribution in [2.24, 2.45) is 0 Å². The van der Waals surface area contributed by atoms with E-state index < -0.39 is 0 Å². The van der Waals surface area contributed by atoms with Gasteiger partial charge < -0.3 is 14.8 Å². The van der Waals surface area contributed by atoms with Crippen LogP contribution in [0.25, 0.3) is 0 Å². The summed E-state index contributed by atoms with van der Waals surface area (Å²) in [7, 11) is 0. The van der Waals surface area contributed by atoms with Crippen molar-refractivity contribution in [3.63, 3.8) is 0 Å². The van der Waals surface area contributed by atoms with Gasteiger partial charge in [0.15, 0.2) is 0 Å². The first-order chi connectivity index (χ1) is 5.86. The van der Waals surface area contributed by atoms with Crippen LogP contribution in [0, 0.1) is 0 Å². The summed E-state index contributed by atoms with van der Waals surface area (Å²) in [6, 6.07) is 0. The van der Waals surface area contributed by atoms with Gasteiger partial charge in [0.2, 0.25) is 0 Å². The minimum Gasteiger partial charge on any atom is -0.396 e. The number of nitrogens with zero attached hydrogens (tertiary/aromatic N) is 2. The summed E-state index contributed by atoms with van der Waals surface area (Å²) in [6.07, 6.45) is 5.27. The van der Waals surface area contributed by atoms with Gasteiger partial charge in [0, 0.05) is 19.3 Å². The number of hydrogen-bond donors (Lipinski definition) is 2. The number of aryl methyl sites for hydroxylation is 1. The Morgan fingerprint density at radius 2 is 2.17 bits per heavy atom. The third-order valence-corrected chi connectivity index (χ3v) is 1.67. The molecule has 4 heteroatoms. The van der Waals surface area contributed by atoms with Crippen LogP contribution in [-0.2, 0) is 13.2 Å². The Morgan fingerprint density at radius 1 is 1.33 bits per heavy atom. The topological polar surface area (TPSA) is 58.3 Å². The highest BCUT2D eigenvalue weighted by Crippen LogP contribution is 1.98. The largest absolute Gasteiger partial charge is 0.396 e. The first-order valence-corrected chi connectivity index (χ1v) is 4.09. The Balaban J connectivity index is 2.31.